The second-order valence-corrected chi connectivity index (χ2v) is 7.12. The smallest absolute Gasteiger partial charge is 0.351 e. The molecule has 1 aromatic heterocycles. The molecule has 1 fully saturated rings. The van der Waals surface area contributed by atoms with Gasteiger partial charge in [0.15, 0.2) is 0 Å². The second kappa shape index (κ2) is 8.41. The highest BCUT2D eigenvalue weighted by molar-refractivity contribution is 5.44. The van der Waals surface area contributed by atoms with E-state index in [0.717, 1.165) is 32.1 Å². The molecule has 25 heavy (non-hydrogen) atoms. The third-order valence-corrected chi connectivity index (χ3v) is 5.30. The van der Waals surface area contributed by atoms with Gasteiger partial charge in [-0.2, -0.15) is 4.98 Å². The molecule has 0 N–H and O–H groups in total. The van der Waals surface area contributed by atoms with E-state index in [1.165, 1.54) is 0 Å². The summed E-state index contributed by atoms with van der Waals surface area (Å²) in [5, 5.41) is 11.5. The summed E-state index contributed by atoms with van der Waals surface area (Å²) in [6, 6.07) is 0. The van der Waals surface area contributed by atoms with Gasteiger partial charge in [0.25, 0.3) is 5.88 Å². The third-order valence-electron chi connectivity index (χ3n) is 5.30. The maximum atomic E-state index is 11.5. The van der Waals surface area contributed by atoms with Gasteiger partial charge in [0.1, 0.15) is 17.6 Å². The average Bonchev–Trinajstić information content (AvgIpc) is 2.81. The summed E-state index contributed by atoms with van der Waals surface area (Å²) in [4.78, 5) is 19.4. The van der Waals surface area contributed by atoms with Crippen LogP contribution < -0.4 is 4.74 Å². The fraction of sp³-hybridized carbons (Fsp3) is 0.684. The Balaban J connectivity index is 2.30. The summed E-state index contributed by atoms with van der Waals surface area (Å²) in [7, 11) is 0. The number of aryl methyl sites for hydroxylation is 2. The van der Waals surface area contributed by atoms with Crippen LogP contribution in [0.2, 0.25) is 0 Å². The SMILES string of the molecule is C=CCCC1C[C@H](CCC)[C@H](Oc2nc(C)nc(C)c2[N+](=O)[O-])[C@@H]1C. The number of hydrogen-bond donors (Lipinski definition) is 0. The van der Waals surface area contributed by atoms with E-state index in [4.69, 9.17) is 4.74 Å². The Hall–Kier alpha value is -1.98. The second-order valence-electron chi connectivity index (χ2n) is 7.12. The number of allylic oxidation sites excluding steroid dienone is 1. The Labute approximate surface area is 149 Å². The molecule has 0 bridgehead atoms. The summed E-state index contributed by atoms with van der Waals surface area (Å²) in [6.07, 6.45) is 7.25. The van der Waals surface area contributed by atoms with E-state index in [0.29, 0.717) is 29.3 Å². The first-order valence-electron chi connectivity index (χ1n) is 9.16. The minimum absolute atomic E-state index is 0.0397. The van der Waals surface area contributed by atoms with E-state index >= 15 is 0 Å². The molecule has 6 heteroatoms. The van der Waals surface area contributed by atoms with Crippen LogP contribution in [0, 0.1) is 41.7 Å². The zero-order valence-electron chi connectivity index (χ0n) is 15.7. The molecule has 1 saturated carbocycles. The summed E-state index contributed by atoms with van der Waals surface area (Å²) in [5.74, 6) is 1.93. The molecule has 1 unspecified atom stereocenters. The molecule has 0 aliphatic heterocycles. The van der Waals surface area contributed by atoms with Gasteiger partial charge in [-0.05, 0) is 57.3 Å². The normalized spacial score (nSPS) is 25.8. The van der Waals surface area contributed by atoms with E-state index in [2.05, 4.69) is 30.4 Å². The molecular formula is C19H29N3O3. The molecule has 138 valence electrons. The Morgan fingerprint density at radius 1 is 1.32 bits per heavy atom. The molecular weight excluding hydrogens is 318 g/mol. The molecule has 1 aliphatic rings. The van der Waals surface area contributed by atoms with E-state index in [9.17, 15) is 10.1 Å². The number of hydrogen-bond acceptors (Lipinski definition) is 5. The van der Waals surface area contributed by atoms with Crippen molar-refractivity contribution in [2.24, 2.45) is 17.8 Å². The van der Waals surface area contributed by atoms with E-state index < -0.39 is 4.92 Å². The van der Waals surface area contributed by atoms with Crippen LogP contribution in [0.1, 0.15) is 57.5 Å². The fourth-order valence-electron chi connectivity index (χ4n) is 4.10. The van der Waals surface area contributed by atoms with Crippen LogP contribution in [0.15, 0.2) is 12.7 Å². The van der Waals surface area contributed by atoms with Crippen LogP contribution in [-0.4, -0.2) is 21.0 Å². The largest absolute Gasteiger partial charge is 0.469 e. The predicted molar refractivity (Wildman–Crippen MR) is 97.7 cm³/mol. The maximum absolute atomic E-state index is 11.5. The Kier molecular flexibility index (Phi) is 6.51. The van der Waals surface area contributed by atoms with Crippen molar-refractivity contribution in [1.29, 1.82) is 0 Å². The highest BCUT2D eigenvalue weighted by atomic mass is 16.6. The van der Waals surface area contributed by atoms with Gasteiger partial charge in [-0.3, -0.25) is 10.1 Å². The number of nitrogens with zero attached hydrogens (tertiary/aromatic N) is 3. The summed E-state index contributed by atoms with van der Waals surface area (Å²) < 4.78 is 6.20. The first-order chi connectivity index (χ1) is 11.9. The van der Waals surface area contributed by atoms with Gasteiger partial charge in [-0.1, -0.05) is 26.3 Å². The first-order valence-corrected chi connectivity index (χ1v) is 9.16. The number of nitro groups is 1. The summed E-state index contributed by atoms with van der Waals surface area (Å²) in [6.45, 7) is 11.5. The van der Waals surface area contributed by atoms with Crippen molar-refractivity contribution in [2.75, 3.05) is 0 Å². The number of rotatable bonds is 8. The molecule has 0 saturated heterocycles. The quantitative estimate of drug-likeness (QED) is 0.384. The molecule has 1 aliphatic carbocycles. The number of ether oxygens (including phenoxy) is 1. The zero-order valence-corrected chi connectivity index (χ0v) is 15.7. The van der Waals surface area contributed by atoms with E-state index in [-0.39, 0.29) is 17.7 Å². The predicted octanol–water partition coefficient (Wildman–Crippen LogP) is 4.79. The molecule has 0 amide bonds. The van der Waals surface area contributed by atoms with Crippen LogP contribution in [0.5, 0.6) is 5.88 Å². The highest BCUT2D eigenvalue weighted by Crippen LogP contribution is 2.44. The van der Waals surface area contributed by atoms with Gasteiger partial charge in [0.2, 0.25) is 0 Å². The highest BCUT2D eigenvalue weighted by Gasteiger charge is 2.42. The van der Waals surface area contributed by atoms with Crippen LogP contribution in [0.4, 0.5) is 5.69 Å². The molecule has 1 heterocycles. The van der Waals surface area contributed by atoms with E-state index in [1.807, 2.05) is 6.08 Å². The van der Waals surface area contributed by atoms with Gasteiger partial charge in [-0.25, -0.2) is 4.98 Å². The Bertz CT molecular complexity index is 633. The van der Waals surface area contributed by atoms with Crippen LogP contribution >= 0.6 is 0 Å². The van der Waals surface area contributed by atoms with Gasteiger partial charge >= 0.3 is 5.69 Å². The minimum Gasteiger partial charge on any atom is -0.469 e. The molecule has 0 spiro atoms. The van der Waals surface area contributed by atoms with Crippen LogP contribution in [0.3, 0.4) is 0 Å². The molecule has 4 atom stereocenters. The monoisotopic (exact) mass is 347 g/mol. The fourth-order valence-corrected chi connectivity index (χ4v) is 4.10. The topological polar surface area (TPSA) is 78.2 Å². The summed E-state index contributed by atoms with van der Waals surface area (Å²) in [5.41, 5.74) is 0.246. The lowest BCUT2D eigenvalue weighted by Gasteiger charge is -2.24. The third kappa shape index (κ3) is 4.35. The maximum Gasteiger partial charge on any atom is 0.351 e. The number of aromatic nitrogens is 2. The van der Waals surface area contributed by atoms with Gasteiger partial charge in [0, 0.05) is 0 Å². The van der Waals surface area contributed by atoms with Crippen LogP contribution in [0.25, 0.3) is 0 Å². The van der Waals surface area contributed by atoms with E-state index in [1.54, 1.807) is 13.8 Å². The molecule has 2 rings (SSSR count). The average molecular weight is 347 g/mol. The molecule has 1 aromatic rings. The lowest BCUT2D eigenvalue weighted by Crippen LogP contribution is -2.29. The van der Waals surface area contributed by atoms with Crippen LogP contribution in [-0.2, 0) is 0 Å². The van der Waals surface area contributed by atoms with Gasteiger partial charge in [-0.15, -0.1) is 6.58 Å². The molecule has 6 nitrogen and oxygen atoms in total. The van der Waals surface area contributed by atoms with Crippen molar-refractivity contribution in [1.82, 2.24) is 9.97 Å². The van der Waals surface area contributed by atoms with Crippen molar-refractivity contribution < 1.29 is 9.66 Å². The van der Waals surface area contributed by atoms with Gasteiger partial charge < -0.3 is 4.74 Å². The van der Waals surface area contributed by atoms with Crippen molar-refractivity contribution in [3.8, 4) is 5.88 Å². The zero-order chi connectivity index (χ0) is 18.6. The van der Waals surface area contributed by atoms with Crippen molar-refractivity contribution in [3.05, 3.63) is 34.3 Å². The van der Waals surface area contributed by atoms with Crippen molar-refractivity contribution >= 4 is 5.69 Å². The Morgan fingerprint density at radius 2 is 2.04 bits per heavy atom. The van der Waals surface area contributed by atoms with Crippen molar-refractivity contribution in [3.63, 3.8) is 0 Å². The Morgan fingerprint density at radius 3 is 2.64 bits per heavy atom. The lowest BCUT2D eigenvalue weighted by molar-refractivity contribution is -0.387. The minimum atomic E-state index is -0.437. The molecule has 0 aromatic carbocycles. The molecule has 0 radical (unpaired) electrons. The first kappa shape index (κ1) is 19.3. The van der Waals surface area contributed by atoms with Crippen molar-refractivity contribution in [2.45, 2.75) is 65.9 Å². The lowest BCUT2D eigenvalue weighted by atomic mass is 9.92. The van der Waals surface area contributed by atoms with Gasteiger partial charge in [0.05, 0.1) is 4.92 Å². The standard InChI is InChI=1S/C19H29N3O3/c1-6-8-10-15-11-16(9-7-2)18(12(15)3)25-19-17(22(23)24)13(4)20-14(5)21-19/h6,12,15-16,18H,1,7-11H2,2-5H3/t12-,15?,16+,18-/m1/s1. The summed E-state index contributed by atoms with van der Waals surface area (Å²) >= 11 is 0.